The second-order valence-electron chi connectivity index (χ2n) is 5.92. The minimum Gasteiger partial charge on any atom is -0.366 e. The Labute approximate surface area is 164 Å². The summed E-state index contributed by atoms with van der Waals surface area (Å²) in [7, 11) is 0. The number of thiophene rings is 1. The highest BCUT2D eigenvalue weighted by Gasteiger charge is 2.21. The van der Waals surface area contributed by atoms with Crippen LogP contribution in [0.3, 0.4) is 0 Å². The summed E-state index contributed by atoms with van der Waals surface area (Å²) in [6.45, 7) is 5.80. The first kappa shape index (κ1) is 19.1. The Morgan fingerprint density at radius 3 is 2.74 bits per heavy atom. The van der Waals surface area contributed by atoms with Crippen LogP contribution in [0.2, 0.25) is 0 Å². The van der Waals surface area contributed by atoms with Crippen LogP contribution in [-0.2, 0) is 4.79 Å². The van der Waals surface area contributed by atoms with Gasteiger partial charge in [-0.05, 0) is 65.9 Å². The number of rotatable bonds is 6. The van der Waals surface area contributed by atoms with Gasteiger partial charge in [0, 0.05) is 0 Å². The lowest BCUT2D eigenvalue weighted by Gasteiger charge is -2.12. The van der Waals surface area contributed by atoms with Gasteiger partial charge in [-0.1, -0.05) is 17.8 Å². The highest BCUT2D eigenvalue weighted by atomic mass is 32.2. The molecule has 3 rings (SSSR count). The van der Waals surface area contributed by atoms with E-state index >= 15 is 0 Å². The summed E-state index contributed by atoms with van der Waals surface area (Å²) in [4.78, 5) is 23.9. The van der Waals surface area contributed by atoms with Crippen molar-refractivity contribution in [1.82, 2.24) is 20.2 Å². The third kappa shape index (κ3) is 4.17. The van der Waals surface area contributed by atoms with Crippen molar-refractivity contribution in [3.05, 3.63) is 46.3 Å². The van der Waals surface area contributed by atoms with Crippen molar-refractivity contribution in [3.8, 4) is 5.69 Å². The zero-order chi connectivity index (χ0) is 19.6. The number of anilines is 1. The number of hydrogen-bond acceptors (Lipinski definition) is 7. The Morgan fingerprint density at radius 2 is 2.04 bits per heavy atom. The van der Waals surface area contributed by atoms with Crippen LogP contribution in [0.15, 0.2) is 34.8 Å². The number of thioether (sulfide) groups is 1. The van der Waals surface area contributed by atoms with Crippen LogP contribution in [0, 0.1) is 13.8 Å². The number of hydrogen-bond donors (Lipinski definition) is 2. The number of nitrogens with one attached hydrogen (secondary N) is 1. The third-order valence-corrected chi connectivity index (χ3v) is 5.86. The van der Waals surface area contributed by atoms with Crippen LogP contribution in [0.4, 0.5) is 5.00 Å². The van der Waals surface area contributed by atoms with Crippen molar-refractivity contribution in [1.29, 1.82) is 0 Å². The number of carbonyl (C=O) groups excluding carboxylic acids is 2. The van der Waals surface area contributed by atoms with Crippen LogP contribution in [0.5, 0.6) is 0 Å². The van der Waals surface area contributed by atoms with E-state index < -0.39 is 11.2 Å². The molecule has 3 N–H and O–H groups in total. The monoisotopic (exact) mass is 402 g/mol. The van der Waals surface area contributed by atoms with Crippen LogP contribution >= 0.6 is 23.1 Å². The smallest absolute Gasteiger partial charge is 0.251 e. The van der Waals surface area contributed by atoms with Gasteiger partial charge in [-0.25, -0.2) is 0 Å². The molecule has 0 saturated carbocycles. The predicted molar refractivity (Wildman–Crippen MR) is 105 cm³/mol. The molecule has 1 unspecified atom stereocenters. The van der Waals surface area contributed by atoms with Gasteiger partial charge in [0.1, 0.15) is 5.00 Å². The SMILES string of the molecule is Cc1ccc(-n2nnnc2SC(C)C(=O)Nc2sccc2C(N)=O)cc1C. The lowest BCUT2D eigenvalue weighted by atomic mass is 10.1. The number of primary amides is 1. The first-order valence-electron chi connectivity index (χ1n) is 8.07. The second kappa shape index (κ2) is 7.89. The molecule has 0 fully saturated rings. The molecule has 1 atom stereocenters. The lowest BCUT2D eigenvalue weighted by Crippen LogP contribution is -2.24. The Kier molecular flexibility index (Phi) is 5.57. The molecule has 0 aliphatic heterocycles. The molecule has 0 aliphatic carbocycles. The normalized spacial score (nSPS) is 12.0. The number of nitrogens with two attached hydrogens (primary N) is 1. The maximum Gasteiger partial charge on any atom is 0.251 e. The molecule has 2 aromatic heterocycles. The van der Waals surface area contributed by atoms with Crippen LogP contribution < -0.4 is 11.1 Å². The molecule has 1 aromatic carbocycles. The molecule has 2 heterocycles. The summed E-state index contributed by atoms with van der Waals surface area (Å²) in [5.74, 6) is -0.842. The molecule has 0 aliphatic rings. The maximum atomic E-state index is 12.5. The van der Waals surface area contributed by atoms with Crippen molar-refractivity contribution in [2.45, 2.75) is 31.2 Å². The molecule has 8 nitrogen and oxygen atoms in total. The van der Waals surface area contributed by atoms with Gasteiger partial charge < -0.3 is 11.1 Å². The fourth-order valence-corrected chi connectivity index (χ4v) is 3.90. The first-order chi connectivity index (χ1) is 12.9. The Hall–Kier alpha value is -2.72. The molecule has 2 amide bonds. The molecule has 0 radical (unpaired) electrons. The number of tetrazole rings is 1. The van der Waals surface area contributed by atoms with Crippen LogP contribution in [-0.4, -0.2) is 37.3 Å². The Balaban J connectivity index is 1.75. The summed E-state index contributed by atoms with van der Waals surface area (Å²) < 4.78 is 1.60. The predicted octanol–water partition coefficient (Wildman–Crippen LogP) is 2.56. The topological polar surface area (TPSA) is 116 Å². The summed E-state index contributed by atoms with van der Waals surface area (Å²) >= 11 is 2.48. The standard InChI is InChI=1S/C17H18N6O2S2/c1-9-4-5-12(8-10(9)2)23-17(20-21-22-23)27-11(3)15(25)19-16-13(14(18)24)6-7-26-16/h4-8,11H,1-3H3,(H2,18,24)(H,19,25). The fraction of sp³-hybridized carbons (Fsp3) is 0.235. The third-order valence-electron chi connectivity index (χ3n) is 3.99. The van der Waals surface area contributed by atoms with E-state index in [9.17, 15) is 9.59 Å². The molecule has 140 valence electrons. The summed E-state index contributed by atoms with van der Waals surface area (Å²) in [6, 6.07) is 7.50. The van der Waals surface area contributed by atoms with Crippen molar-refractivity contribution in [3.63, 3.8) is 0 Å². The van der Waals surface area contributed by atoms with E-state index in [1.807, 2.05) is 32.0 Å². The van der Waals surface area contributed by atoms with E-state index in [0.717, 1.165) is 11.3 Å². The minimum atomic E-state index is -0.578. The van der Waals surface area contributed by atoms with E-state index in [4.69, 9.17) is 5.73 Å². The number of aromatic nitrogens is 4. The molecule has 0 bridgehead atoms. The van der Waals surface area contributed by atoms with E-state index in [0.29, 0.717) is 15.7 Å². The molecule has 0 spiro atoms. The molecule has 10 heteroatoms. The lowest BCUT2D eigenvalue weighted by molar-refractivity contribution is -0.115. The van der Waals surface area contributed by atoms with Gasteiger partial charge >= 0.3 is 0 Å². The van der Waals surface area contributed by atoms with Gasteiger partial charge in [-0.15, -0.1) is 16.4 Å². The second-order valence-corrected chi connectivity index (χ2v) is 8.14. The molecule has 27 heavy (non-hydrogen) atoms. The zero-order valence-electron chi connectivity index (χ0n) is 15.0. The highest BCUT2D eigenvalue weighted by Crippen LogP contribution is 2.27. The van der Waals surface area contributed by atoms with Crippen molar-refractivity contribution in [2.24, 2.45) is 5.73 Å². The van der Waals surface area contributed by atoms with E-state index in [1.165, 1.54) is 28.7 Å². The summed E-state index contributed by atoms with van der Waals surface area (Å²) in [5.41, 5.74) is 8.73. The number of amides is 2. The quantitative estimate of drug-likeness (QED) is 0.612. The first-order valence-corrected chi connectivity index (χ1v) is 9.83. The Bertz CT molecular complexity index is 997. The van der Waals surface area contributed by atoms with E-state index in [-0.39, 0.29) is 5.91 Å². The average Bonchev–Trinajstić information content (AvgIpc) is 3.26. The van der Waals surface area contributed by atoms with Gasteiger partial charge in [-0.3, -0.25) is 9.59 Å². The van der Waals surface area contributed by atoms with Crippen LogP contribution in [0.25, 0.3) is 5.69 Å². The van der Waals surface area contributed by atoms with Crippen molar-refractivity contribution >= 4 is 39.9 Å². The van der Waals surface area contributed by atoms with Gasteiger partial charge in [-0.2, -0.15) is 4.68 Å². The maximum absolute atomic E-state index is 12.5. The molecule has 0 saturated heterocycles. The number of nitrogens with zero attached hydrogens (tertiary/aromatic N) is 4. The number of aryl methyl sites for hydroxylation is 2. The molecule has 3 aromatic rings. The highest BCUT2D eigenvalue weighted by molar-refractivity contribution is 8.00. The number of benzene rings is 1. The van der Waals surface area contributed by atoms with Crippen molar-refractivity contribution in [2.75, 3.05) is 5.32 Å². The fourth-order valence-electron chi connectivity index (χ4n) is 2.30. The van der Waals surface area contributed by atoms with Gasteiger partial charge in [0.2, 0.25) is 11.1 Å². The van der Waals surface area contributed by atoms with Crippen molar-refractivity contribution < 1.29 is 9.59 Å². The number of carbonyl (C=O) groups is 2. The Morgan fingerprint density at radius 1 is 1.26 bits per heavy atom. The van der Waals surface area contributed by atoms with Gasteiger partial charge in [0.15, 0.2) is 0 Å². The molecular formula is C17H18N6O2S2. The van der Waals surface area contributed by atoms with E-state index in [2.05, 4.69) is 20.8 Å². The largest absolute Gasteiger partial charge is 0.366 e. The van der Waals surface area contributed by atoms with Gasteiger partial charge in [0.25, 0.3) is 5.91 Å². The van der Waals surface area contributed by atoms with Crippen LogP contribution in [0.1, 0.15) is 28.4 Å². The average molecular weight is 403 g/mol. The summed E-state index contributed by atoms with van der Waals surface area (Å²) in [6.07, 6.45) is 0. The minimum absolute atomic E-state index is 0.264. The summed E-state index contributed by atoms with van der Waals surface area (Å²) in [5, 5.41) is 16.7. The van der Waals surface area contributed by atoms with E-state index in [1.54, 1.807) is 23.1 Å². The zero-order valence-corrected chi connectivity index (χ0v) is 16.6. The molecular weight excluding hydrogens is 384 g/mol. The van der Waals surface area contributed by atoms with Gasteiger partial charge in [0.05, 0.1) is 16.5 Å².